The largest absolute Gasteiger partial charge is 0.378 e. The molecular weight excluding hydrogens is 564 g/mol. The number of hydrogen-bond donors (Lipinski definition) is 1. The second kappa shape index (κ2) is 12.5. The van der Waals surface area contributed by atoms with Crippen LogP contribution in [0.1, 0.15) is 33.1 Å². The highest BCUT2D eigenvalue weighted by Crippen LogP contribution is 2.31. The number of fused-ring (bicyclic) bond motifs is 1. The number of halogens is 1. The SMILES string of the molecule is Cc1ccc(CN(C(=O)CN2C(=O)C(=O)c3ccccc32)C(C(=O)Nc2ccc(N(C)C)cc2)c2ccc(Cl)cc2)cc1. The van der Waals surface area contributed by atoms with E-state index in [2.05, 4.69) is 5.32 Å². The van der Waals surface area contributed by atoms with E-state index in [1.165, 1.54) is 9.80 Å². The zero-order valence-electron chi connectivity index (χ0n) is 24.1. The summed E-state index contributed by atoms with van der Waals surface area (Å²) < 4.78 is 0. The van der Waals surface area contributed by atoms with E-state index in [9.17, 15) is 19.2 Å². The summed E-state index contributed by atoms with van der Waals surface area (Å²) in [6.45, 7) is 1.63. The maximum Gasteiger partial charge on any atom is 0.299 e. The van der Waals surface area contributed by atoms with Crippen molar-refractivity contribution >= 4 is 52.2 Å². The van der Waals surface area contributed by atoms with E-state index in [0.29, 0.717) is 22.0 Å². The molecule has 1 N–H and O–H groups in total. The molecule has 4 aromatic carbocycles. The number of anilines is 3. The van der Waals surface area contributed by atoms with Gasteiger partial charge in [-0.25, -0.2) is 0 Å². The molecule has 0 radical (unpaired) electrons. The van der Waals surface area contributed by atoms with Crippen LogP contribution in [0.25, 0.3) is 0 Å². The molecule has 1 heterocycles. The number of rotatable bonds is 9. The number of amides is 3. The fourth-order valence-corrected chi connectivity index (χ4v) is 5.14. The quantitative estimate of drug-likeness (QED) is 0.253. The van der Waals surface area contributed by atoms with Gasteiger partial charge in [0.1, 0.15) is 12.6 Å². The average Bonchev–Trinajstić information content (AvgIpc) is 3.23. The third kappa shape index (κ3) is 6.44. The molecule has 5 rings (SSSR count). The molecule has 0 saturated carbocycles. The predicted octanol–water partition coefficient (Wildman–Crippen LogP) is 5.65. The van der Waals surface area contributed by atoms with Gasteiger partial charge in [0, 0.05) is 37.0 Å². The van der Waals surface area contributed by atoms with Gasteiger partial charge in [-0.2, -0.15) is 0 Å². The minimum absolute atomic E-state index is 0.0804. The molecule has 4 aromatic rings. The lowest BCUT2D eigenvalue weighted by atomic mass is 10.0. The number of hydrogen-bond acceptors (Lipinski definition) is 5. The molecule has 3 amide bonds. The number of para-hydroxylation sites is 1. The lowest BCUT2D eigenvalue weighted by Crippen LogP contribution is -2.46. The van der Waals surface area contributed by atoms with Crippen molar-refractivity contribution in [3.05, 3.63) is 124 Å². The van der Waals surface area contributed by atoms with Crippen LogP contribution in [0.5, 0.6) is 0 Å². The number of nitrogens with one attached hydrogen (secondary N) is 1. The van der Waals surface area contributed by atoms with Crippen molar-refractivity contribution in [2.75, 3.05) is 35.8 Å². The molecule has 1 atom stereocenters. The number of nitrogens with zero attached hydrogens (tertiary/aromatic N) is 3. The Balaban J connectivity index is 1.53. The van der Waals surface area contributed by atoms with E-state index in [1.807, 2.05) is 62.3 Å². The van der Waals surface area contributed by atoms with Crippen LogP contribution in [0.4, 0.5) is 17.1 Å². The van der Waals surface area contributed by atoms with Crippen LogP contribution < -0.4 is 15.1 Å². The van der Waals surface area contributed by atoms with Crippen LogP contribution in [0.2, 0.25) is 5.02 Å². The predicted molar refractivity (Wildman–Crippen MR) is 168 cm³/mol. The van der Waals surface area contributed by atoms with Crippen LogP contribution in [0.3, 0.4) is 0 Å². The zero-order chi connectivity index (χ0) is 30.7. The van der Waals surface area contributed by atoms with Gasteiger partial charge in [0.2, 0.25) is 5.91 Å². The third-order valence-corrected chi connectivity index (χ3v) is 7.62. The van der Waals surface area contributed by atoms with Gasteiger partial charge in [-0.05, 0) is 66.6 Å². The Bertz CT molecular complexity index is 1670. The second-order valence-electron chi connectivity index (χ2n) is 10.6. The summed E-state index contributed by atoms with van der Waals surface area (Å²) in [4.78, 5) is 58.4. The standard InChI is InChI=1S/C34H31ClN4O4/c1-22-8-10-23(11-9-22)20-39(30(40)21-38-29-7-5-4-6-28(29)32(41)34(38)43)31(24-12-14-25(35)15-13-24)33(42)36-26-16-18-27(19-17-26)37(2)3/h4-19,31H,20-21H2,1-3H3,(H,36,42). The van der Waals surface area contributed by atoms with Crippen molar-refractivity contribution in [2.45, 2.75) is 19.5 Å². The molecule has 43 heavy (non-hydrogen) atoms. The highest BCUT2D eigenvalue weighted by molar-refractivity contribution is 6.52. The number of aryl methyl sites for hydroxylation is 1. The summed E-state index contributed by atoms with van der Waals surface area (Å²) in [5.41, 5.74) is 4.53. The molecule has 0 spiro atoms. The van der Waals surface area contributed by atoms with Crippen LogP contribution >= 0.6 is 11.6 Å². The minimum atomic E-state index is -1.08. The lowest BCUT2D eigenvalue weighted by molar-refractivity contribution is -0.139. The Morgan fingerprint density at radius 2 is 1.51 bits per heavy atom. The van der Waals surface area contributed by atoms with Gasteiger partial charge in [0.05, 0.1) is 11.3 Å². The molecule has 218 valence electrons. The fourth-order valence-electron chi connectivity index (χ4n) is 5.02. The molecule has 0 bridgehead atoms. The Hall–Kier alpha value is -4.95. The molecule has 0 aliphatic carbocycles. The highest BCUT2D eigenvalue weighted by Gasteiger charge is 2.39. The smallest absolute Gasteiger partial charge is 0.299 e. The van der Waals surface area contributed by atoms with Crippen LogP contribution in [-0.2, 0) is 20.9 Å². The third-order valence-electron chi connectivity index (χ3n) is 7.36. The van der Waals surface area contributed by atoms with Crippen LogP contribution in [-0.4, -0.2) is 49.0 Å². The molecule has 8 nitrogen and oxygen atoms in total. The number of benzene rings is 4. The molecule has 1 aliphatic heterocycles. The summed E-state index contributed by atoms with van der Waals surface area (Å²) in [5.74, 6) is -2.39. The van der Waals surface area contributed by atoms with Crippen molar-refractivity contribution in [1.29, 1.82) is 0 Å². The molecule has 1 unspecified atom stereocenters. The first-order valence-corrected chi connectivity index (χ1v) is 14.1. The Morgan fingerprint density at radius 3 is 2.16 bits per heavy atom. The van der Waals surface area contributed by atoms with Gasteiger partial charge in [-0.15, -0.1) is 0 Å². The van der Waals surface area contributed by atoms with E-state index in [1.54, 1.807) is 60.7 Å². The Labute approximate surface area is 255 Å². The van der Waals surface area contributed by atoms with Gasteiger partial charge >= 0.3 is 0 Å². The topological polar surface area (TPSA) is 90.0 Å². The first-order valence-electron chi connectivity index (χ1n) is 13.8. The molecule has 9 heteroatoms. The van der Waals surface area contributed by atoms with E-state index >= 15 is 0 Å². The first kappa shape index (κ1) is 29.5. The number of Topliss-reactive ketones (excluding diaryl/α,β-unsaturated/α-hetero) is 1. The Kier molecular flexibility index (Phi) is 8.59. The van der Waals surface area contributed by atoms with Gasteiger partial charge in [-0.1, -0.05) is 65.7 Å². The van der Waals surface area contributed by atoms with E-state index < -0.39 is 36.1 Å². The summed E-state index contributed by atoms with van der Waals surface area (Å²) in [5, 5.41) is 3.44. The molecule has 0 aromatic heterocycles. The van der Waals surface area contributed by atoms with E-state index in [-0.39, 0.29) is 12.1 Å². The molecule has 0 fully saturated rings. The van der Waals surface area contributed by atoms with Crippen LogP contribution in [0.15, 0.2) is 97.1 Å². The highest BCUT2D eigenvalue weighted by atomic mass is 35.5. The Morgan fingerprint density at radius 1 is 0.860 bits per heavy atom. The second-order valence-corrected chi connectivity index (χ2v) is 11.1. The van der Waals surface area contributed by atoms with E-state index in [0.717, 1.165) is 16.8 Å². The monoisotopic (exact) mass is 594 g/mol. The number of carbonyl (C=O) groups excluding carboxylic acids is 4. The van der Waals surface area contributed by atoms with Crippen molar-refractivity contribution in [1.82, 2.24) is 4.90 Å². The van der Waals surface area contributed by atoms with Gasteiger partial charge in [0.15, 0.2) is 0 Å². The normalized spacial score (nSPS) is 13.0. The first-order chi connectivity index (χ1) is 20.6. The maximum absolute atomic E-state index is 14.2. The number of carbonyl (C=O) groups is 4. The summed E-state index contributed by atoms with van der Waals surface area (Å²) >= 11 is 6.18. The molecule has 1 aliphatic rings. The van der Waals surface area contributed by atoms with Gasteiger partial charge in [-0.3, -0.25) is 24.1 Å². The average molecular weight is 595 g/mol. The summed E-state index contributed by atoms with van der Waals surface area (Å²) in [6.07, 6.45) is 0. The lowest BCUT2D eigenvalue weighted by Gasteiger charge is -2.33. The summed E-state index contributed by atoms with van der Waals surface area (Å²) in [6, 6.07) is 27.2. The molecular formula is C34H31ClN4O4. The van der Waals surface area contributed by atoms with Crippen molar-refractivity contribution < 1.29 is 19.2 Å². The van der Waals surface area contributed by atoms with E-state index in [4.69, 9.17) is 11.6 Å². The van der Waals surface area contributed by atoms with Crippen molar-refractivity contribution in [3.8, 4) is 0 Å². The van der Waals surface area contributed by atoms with Crippen molar-refractivity contribution in [2.24, 2.45) is 0 Å². The van der Waals surface area contributed by atoms with Crippen LogP contribution in [0, 0.1) is 6.92 Å². The number of ketones is 1. The summed E-state index contributed by atoms with van der Waals surface area (Å²) in [7, 11) is 3.85. The van der Waals surface area contributed by atoms with Gasteiger partial charge < -0.3 is 15.1 Å². The van der Waals surface area contributed by atoms with Gasteiger partial charge in [0.25, 0.3) is 17.6 Å². The maximum atomic E-state index is 14.2. The van der Waals surface area contributed by atoms with Crippen molar-refractivity contribution in [3.63, 3.8) is 0 Å². The molecule has 0 saturated heterocycles. The fraction of sp³-hybridized carbons (Fsp3) is 0.176. The zero-order valence-corrected chi connectivity index (χ0v) is 24.8. The minimum Gasteiger partial charge on any atom is -0.378 e.